The number of aromatic nitrogens is 1. The second-order valence-corrected chi connectivity index (χ2v) is 6.15. The van der Waals surface area contributed by atoms with Crippen LogP contribution in [0.1, 0.15) is 17.4 Å². The summed E-state index contributed by atoms with van der Waals surface area (Å²) < 4.78 is 39.6. The number of hydrogen-bond acceptors (Lipinski definition) is 4. The Labute approximate surface area is 132 Å². The van der Waals surface area contributed by atoms with Gasteiger partial charge in [0.2, 0.25) is 0 Å². The van der Waals surface area contributed by atoms with Gasteiger partial charge in [-0.2, -0.15) is 13.2 Å². The third-order valence-electron chi connectivity index (χ3n) is 2.58. The highest BCUT2D eigenvalue weighted by molar-refractivity contribution is 9.10. The van der Waals surface area contributed by atoms with E-state index in [1.807, 2.05) is 11.4 Å². The minimum atomic E-state index is -4.39. The summed E-state index contributed by atoms with van der Waals surface area (Å²) in [7, 11) is 0. The topological polar surface area (TPSA) is 37.0 Å². The highest BCUT2D eigenvalue weighted by Crippen LogP contribution is 2.32. The van der Waals surface area contributed by atoms with E-state index in [9.17, 15) is 13.2 Å². The Morgan fingerprint density at radius 2 is 1.86 bits per heavy atom. The number of pyridine rings is 1. The maximum absolute atomic E-state index is 12.9. The lowest BCUT2D eigenvalue weighted by atomic mass is 10.2. The molecule has 2 heterocycles. The highest BCUT2D eigenvalue weighted by atomic mass is 79.9. The molecule has 0 radical (unpaired) electrons. The molecule has 21 heavy (non-hydrogen) atoms. The summed E-state index contributed by atoms with van der Waals surface area (Å²) in [5.74, 6) is 0.410. The van der Waals surface area contributed by atoms with Gasteiger partial charge in [0, 0.05) is 21.3 Å². The van der Waals surface area contributed by atoms with Gasteiger partial charge in [-0.15, -0.1) is 11.3 Å². The Bertz CT molecular complexity index is 613. The van der Waals surface area contributed by atoms with Gasteiger partial charge in [-0.05, 0) is 41.1 Å². The lowest BCUT2D eigenvalue weighted by molar-refractivity contribution is -0.137. The predicted molar refractivity (Wildman–Crippen MR) is 82.7 cm³/mol. The quantitative estimate of drug-likeness (QED) is 0.769. The molecule has 3 nitrogen and oxygen atoms in total. The number of hydrogen-bond donors (Lipinski definition) is 2. The number of alkyl halides is 3. The van der Waals surface area contributed by atoms with Crippen molar-refractivity contribution in [2.75, 3.05) is 17.2 Å². The van der Waals surface area contributed by atoms with Crippen LogP contribution >= 0.6 is 27.3 Å². The molecule has 114 valence electrons. The molecule has 0 unspecified atom stereocenters. The normalized spacial score (nSPS) is 11.5. The fourth-order valence-corrected chi connectivity index (χ4v) is 3.07. The van der Waals surface area contributed by atoms with Crippen molar-refractivity contribution in [3.8, 4) is 0 Å². The van der Waals surface area contributed by atoms with Crippen LogP contribution in [0, 0.1) is 0 Å². The number of nitrogens with one attached hydrogen (secondary N) is 2. The van der Waals surface area contributed by atoms with Crippen LogP contribution in [0.25, 0.3) is 0 Å². The first-order chi connectivity index (χ1) is 9.88. The van der Waals surface area contributed by atoms with Crippen molar-refractivity contribution in [1.29, 1.82) is 0 Å². The molecular formula is C13H13BrF3N3S. The van der Waals surface area contributed by atoms with Crippen LogP contribution in [0.4, 0.5) is 24.8 Å². The molecule has 0 aromatic carbocycles. The van der Waals surface area contributed by atoms with Gasteiger partial charge in [-0.3, -0.25) is 0 Å². The monoisotopic (exact) mass is 379 g/mol. The second-order valence-electron chi connectivity index (χ2n) is 4.24. The molecule has 2 N–H and O–H groups in total. The molecule has 0 aliphatic rings. The molecule has 0 fully saturated rings. The van der Waals surface area contributed by atoms with Crippen molar-refractivity contribution in [1.82, 2.24) is 4.98 Å². The average Bonchev–Trinajstić information content (AvgIpc) is 2.81. The lowest BCUT2D eigenvalue weighted by Gasteiger charge is -2.13. The van der Waals surface area contributed by atoms with Crippen molar-refractivity contribution < 1.29 is 13.2 Å². The minimum absolute atomic E-state index is 0.199. The molecule has 0 amide bonds. The molecule has 2 aromatic heterocycles. The molecule has 0 bridgehead atoms. The Balaban J connectivity index is 2.19. The van der Waals surface area contributed by atoms with Gasteiger partial charge >= 0.3 is 6.18 Å². The third kappa shape index (κ3) is 4.60. The summed E-state index contributed by atoms with van der Waals surface area (Å²) in [6, 6.07) is 3.94. The van der Waals surface area contributed by atoms with Gasteiger partial charge in [-0.25, -0.2) is 4.98 Å². The molecule has 0 aliphatic heterocycles. The van der Waals surface area contributed by atoms with Crippen molar-refractivity contribution in [2.45, 2.75) is 19.6 Å². The summed E-state index contributed by atoms with van der Waals surface area (Å²) in [4.78, 5) is 5.13. The van der Waals surface area contributed by atoms with Crippen LogP contribution in [-0.2, 0) is 12.7 Å². The van der Waals surface area contributed by atoms with Crippen LogP contribution < -0.4 is 10.6 Å². The molecule has 0 saturated carbocycles. The smallest absolute Gasteiger partial charge is 0.370 e. The summed E-state index contributed by atoms with van der Waals surface area (Å²) >= 11 is 4.85. The molecule has 0 spiro atoms. The summed E-state index contributed by atoms with van der Waals surface area (Å²) in [6.07, 6.45) is -4.39. The highest BCUT2D eigenvalue weighted by Gasteiger charge is 2.31. The molecule has 2 rings (SSSR count). The summed E-state index contributed by atoms with van der Waals surface area (Å²) in [5.41, 5.74) is -0.719. The lowest BCUT2D eigenvalue weighted by Crippen LogP contribution is -2.10. The first-order valence-electron chi connectivity index (χ1n) is 6.18. The molecule has 0 aliphatic carbocycles. The van der Waals surface area contributed by atoms with E-state index in [0.29, 0.717) is 13.1 Å². The van der Waals surface area contributed by atoms with E-state index in [1.165, 1.54) is 11.3 Å². The maximum Gasteiger partial charge on any atom is 0.416 e. The molecule has 0 saturated heterocycles. The fraction of sp³-hybridized carbons (Fsp3) is 0.308. The van der Waals surface area contributed by atoms with Crippen molar-refractivity contribution in [3.63, 3.8) is 0 Å². The largest absolute Gasteiger partial charge is 0.416 e. The van der Waals surface area contributed by atoms with Crippen molar-refractivity contribution in [2.24, 2.45) is 0 Å². The number of rotatable bonds is 5. The predicted octanol–water partition coefficient (Wildman–Crippen LogP) is 4.97. The van der Waals surface area contributed by atoms with Crippen LogP contribution in [0.15, 0.2) is 28.1 Å². The van der Waals surface area contributed by atoms with Crippen LogP contribution in [0.2, 0.25) is 0 Å². The standard InChI is InChI=1S/C13H13BrF3N3S/c1-2-18-11-3-8(13(15,16)17)4-12(20-11)19-6-10-5-9(14)7-21-10/h3-5,7H,2,6H2,1H3,(H2,18,19,20). The van der Waals surface area contributed by atoms with E-state index in [0.717, 1.165) is 21.5 Å². The van der Waals surface area contributed by atoms with E-state index in [4.69, 9.17) is 0 Å². The number of nitrogens with zero attached hydrogens (tertiary/aromatic N) is 1. The number of halogens is 4. The van der Waals surface area contributed by atoms with Crippen LogP contribution in [0.3, 0.4) is 0 Å². The van der Waals surface area contributed by atoms with E-state index in [1.54, 1.807) is 6.92 Å². The van der Waals surface area contributed by atoms with Crippen molar-refractivity contribution in [3.05, 3.63) is 38.5 Å². The first kappa shape index (κ1) is 16.1. The zero-order valence-corrected chi connectivity index (χ0v) is 13.5. The van der Waals surface area contributed by atoms with E-state index in [-0.39, 0.29) is 11.6 Å². The zero-order chi connectivity index (χ0) is 15.5. The Morgan fingerprint density at radius 3 is 2.38 bits per heavy atom. The number of thiophene rings is 1. The van der Waals surface area contributed by atoms with E-state index < -0.39 is 11.7 Å². The Kier molecular flexibility index (Phi) is 5.10. The minimum Gasteiger partial charge on any atom is -0.370 e. The summed E-state index contributed by atoms with van der Waals surface area (Å²) in [6.45, 7) is 2.74. The third-order valence-corrected chi connectivity index (χ3v) is 4.27. The Hall–Kier alpha value is -1.28. The second kappa shape index (κ2) is 6.65. The maximum atomic E-state index is 12.9. The van der Waals surface area contributed by atoms with Gasteiger partial charge in [0.25, 0.3) is 0 Å². The van der Waals surface area contributed by atoms with E-state index in [2.05, 4.69) is 31.5 Å². The molecule has 8 heteroatoms. The molecular weight excluding hydrogens is 367 g/mol. The Morgan fingerprint density at radius 1 is 1.19 bits per heavy atom. The van der Waals surface area contributed by atoms with Crippen molar-refractivity contribution >= 4 is 38.9 Å². The van der Waals surface area contributed by atoms with Gasteiger partial charge < -0.3 is 10.6 Å². The summed E-state index contributed by atoms with van der Waals surface area (Å²) in [5, 5.41) is 7.65. The fourth-order valence-electron chi connectivity index (χ4n) is 1.68. The van der Waals surface area contributed by atoms with Crippen LogP contribution in [0.5, 0.6) is 0 Å². The number of anilines is 2. The van der Waals surface area contributed by atoms with E-state index >= 15 is 0 Å². The molecule has 0 atom stereocenters. The van der Waals surface area contributed by atoms with Gasteiger partial charge in [0.1, 0.15) is 11.6 Å². The SMILES string of the molecule is CCNc1cc(C(F)(F)F)cc(NCc2cc(Br)cs2)n1. The van der Waals surface area contributed by atoms with Gasteiger partial charge in [0.15, 0.2) is 0 Å². The van der Waals surface area contributed by atoms with Crippen LogP contribution in [-0.4, -0.2) is 11.5 Å². The molecule has 2 aromatic rings. The van der Waals surface area contributed by atoms with Gasteiger partial charge in [0.05, 0.1) is 12.1 Å². The zero-order valence-electron chi connectivity index (χ0n) is 11.1. The first-order valence-corrected chi connectivity index (χ1v) is 7.85. The van der Waals surface area contributed by atoms with Gasteiger partial charge in [-0.1, -0.05) is 0 Å². The average molecular weight is 380 g/mol.